The van der Waals surface area contributed by atoms with Crippen LogP contribution in [0.5, 0.6) is 0 Å². The number of carbonyl (C=O) groups is 2. The molecule has 1 heterocycles. The Morgan fingerprint density at radius 1 is 1.53 bits per heavy atom. The van der Waals surface area contributed by atoms with E-state index in [4.69, 9.17) is 4.74 Å². The Kier molecular flexibility index (Phi) is 4.55. The number of rotatable bonds is 4. The molecule has 1 rings (SSSR count). The summed E-state index contributed by atoms with van der Waals surface area (Å²) in [7, 11) is 1.60. The van der Waals surface area contributed by atoms with Crippen LogP contribution >= 0.6 is 0 Å². The van der Waals surface area contributed by atoms with Crippen LogP contribution in [0.25, 0.3) is 0 Å². The molecule has 1 aliphatic heterocycles. The van der Waals surface area contributed by atoms with Crippen molar-refractivity contribution in [1.29, 1.82) is 0 Å². The maximum atomic E-state index is 11.9. The molecule has 1 saturated heterocycles. The zero-order valence-corrected chi connectivity index (χ0v) is 9.28. The highest BCUT2D eigenvalue weighted by Crippen LogP contribution is 2.05. The van der Waals surface area contributed by atoms with E-state index >= 15 is 0 Å². The summed E-state index contributed by atoms with van der Waals surface area (Å²) in [6.45, 7) is 3.45. The third-order valence-electron chi connectivity index (χ3n) is 2.53. The molecule has 1 N–H and O–H groups in total. The number of hydrogen-bond acceptors (Lipinski definition) is 3. The quantitative estimate of drug-likeness (QED) is 0.702. The van der Waals surface area contributed by atoms with Crippen molar-refractivity contribution in [1.82, 2.24) is 10.2 Å². The Bertz CT molecular complexity index is 243. The third-order valence-corrected chi connectivity index (χ3v) is 2.53. The van der Waals surface area contributed by atoms with Crippen molar-refractivity contribution in [2.45, 2.75) is 25.8 Å². The summed E-state index contributed by atoms with van der Waals surface area (Å²) in [6, 6.07) is -0.364. The summed E-state index contributed by atoms with van der Waals surface area (Å²) < 4.78 is 4.93. The van der Waals surface area contributed by atoms with Gasteiger partial charge in [-0.1, -0.05) is 6.92 Å². The maximum Gasteiger partial charge on any atom is 0.245 e. The first kappa shape index (κ1) is 12.0. The summed E-state index contributed by atoms with van der Waals surface area (Å²) >= 11 is 0. The van der Waals surface area contributed by atoms with Gasteiger partial charge in [-0.15, -0.1) is 0 Å². The number of nitrogens with zero attached hydrogens (tertiary/aromatic N) is 1. The lowest BCUT2D eigenvalue weighted by Crippen LogP contribution is -2.45. The van der Waals surface area contributed by atoms with Gasteiger partial charge in [0.25, 0.3) is 0 Å². The van der Waals surface area contributed by atoms with E-state index in [0.29, 0.717) is 32.5 Å². The predicted molar refractivity (Wildman–Crippen MR) is 55.3 cm³/mol. The van der Waals surface area contributed by atoms with Crippen molar-refractivity contribution in [2.24, 2.45) is 0 Å². The Morgan fingerprint density at radius 2 is 2.27 bits per heavy atom. The van der Waals surface area contributed by atoms with Crippen LogP contribution in [-0.4, -0.2) is 49.6 Å². The molecule has 0 bridgehead atoms. The smallest absolute Gasteiger partial charge is 0.245 e. The van der Waals surface area contributed by atoms with E-state index in [-0.39, 0.29) is 17.9 Å². The minimum Gasteiger partial charge on any atom is -0.383 e. The Morgan fingerprint density at radius 3 is 2.87 bits per heavy atom. The van der Waals surface area contributed by atoms with Gasteiger partial charge in [0.2, 0.25) is 11.8 Å². The molecule has 0 aliphatic carbocycles. The lowest BCUT2D eigenvalue weighted by atomic mass is 10.2. The molecule has 15 heavy (non-hydrogen) atoms. The van der Waals surface area contributed by atoms with Gasteiger partial charge in [0.05, 0.1) is 6.61 Å². The molecule has 0 spiro atoms. The second kappa shape index (κ2) is 5.70. The van der Waals surface area contributed by atoms with Crippen molar-refractivity contribution in [3.8, 4) is 0 Å². The van der Waals surface area contributed by atoms with Gasteiger partial charge in [0.15, 0.2) is 0 Å². The zero-order valence-electron chi connectivity index (χ0n) is 9.28. The summed E-state index contributed by atoms with van der Waals surface area (Å²) in [6.07, 6.45) is 1.01. The molecule has 0 aromatic heterocycles. The summed E-state index contributed by atoms with van der Waals surface area (Å²) in [4.78, 5) is 24.9. The fourth-order valence-corrected chi connectivity index (χ4v) is 1.60. The molecule has 5 nitrogen and oxygen atoms in total. The van der Waals surface area contributed by atoms with Gasteiger partial charge < -0.3 is 15.0 Å². The summed E-state index contributed by atoms with van der Waals surface area (Å²) in [5.41, 5.74) is 0. The third kappa shape index (κ3) is 3.20. The lowest BCUT2D eigenvalue weighted by Gasteiger charge is -2.22. The van der Waals surface area contributed by atoms with Gasteiger partial charge in [0, 0.05) is 26.6 Å². The van der Waals surface area contributed by atoms with Gasteiger partial charge in [-0.25, -0.2) is 0 Å². The molecule has 1 aliphatic rings. The minimum atomic E-state index is -0.364. The number of hydrogen-bond donors (Lipinski definition) is 1. The maximum absolute atomic E-state index is 11.9. The van der Waals surface area contributed by atoms with E-state index in [9.17, 15) is 9.59 Å². The van der Waals surface area contributed by atoms with E-state index in [1.807, 2.05) is 6.92 Å². The Labute approximate surface area is 89.8 Å². The highest BCUT2D eigenvalue weighted by Gasteiger charge is 2.27. The van der Waals surface area contributed by atoms with E-state index in [2.05, 4.69) is 5.32 Å². The number of ether oxygens (including phenoxy) is 1. The fraction of sp³-hybridized carbons (Fsp3) is 0.800. The second-order valence-electron chi connectivity index (χ2n) is 3.60. The van der Waals surface area contributed by atoms with E-state index < -0.39 is 0 Å². The van der Waals surface area contributed by atoms with Crippen LogP contribution < -0.4 is 5.32 Å². The van der Waals surface area contributed by atoms with Crippen LogP contribution in [0.1, 0.15) is 19.8 Å². The van der Waals surface area contributed by atoms with Crippen molar-refractivity contribution < 1.29 is 14.3 Å². The van der Waals surface area contributed by atoms with Crippen LogP contribution in [0.4, 0.5) is 0 Å². The number of carbonyl (C=O) groups excluding carboxylic acids is 2. The topological polar surface area (TPSA) is 58.6 Å². The molecule has 1 fully saturated rings. The van der Waals surface area contributed by atoms with Crippen molar-refractivity contribution in [3.63, 3.8) is 0 Å². The van der Waals surface area contributed by atoms with Crippen LogP contribution in [0, 0.1) is 0 Å². The first-order valence-electron chi connectivity index (χ1n) is 5.26. The fourth-order valence-electron chi connectivity index (χ4n) is 1.60. The Balaban J connectivity index is 2.62. The monoisotopic (exact) mass is 214 g/mol. The molecule has 2 amide bonds. The Hall–Kier alpha value is -1.10. The first-order chi connectivity index (χ1) is 7.19. The van der Waals surface area contributed by atoms with Crippen LogP contribution in [0.2, 0.25) is 0 Å². The van der Waals surface area contributed by atoms with Crippen LogP contribution in [0.3, 0.4) is 0 Å². The molecule has 0 radical (unpaired) electrons. The number of amides is 2. The van der Waals surface area contributed by atoms with E-state index in [0.717, 1.165) is 0 Å². The number of methoxy groups -OCH3 is 1. The lowest BCUT2D eigenvalue weighted by molar-refractivity contribution is -0.134. The molecule has 1 unspecified atom stereocenters. The van der Waals surface area contributed by atoms with Gasteiger partial charge in [-0.2, -0.15) is 0 Å². The van der Waals surface area contributed by atoms with Crippen LogP contribution in [-0.2, 0) is 14.3 Å². The van der Waals surface area contributed by atoms with Crippen molar-refractivity contribution in [3.05, 3.63) is 0 Å². The average Bonchev–Trinajstić information content (AvgIpc) is 2.37. The van der Waals surface area contributed by atoms with Gasteiger partial charge in [-0.05, 0) is 6.42 Å². The standard InChI is InChI=1S/C10H18N2O3/c1-3-8-10(14)12(6-7-15-2)5-4-9(13)11-8/h8H,3-7H2,1-2H3,(H,11,13). The second-order valence-corrected chi connectivity index (χ2v) is 3.60. The predicted octanol–water partition coefficient (Wildman–Crippen LogP) is -0.240. The van der Waals surface area contributed by atoms with E-state index in [1.165, 1.54) is 0 Å². The van der Waals surface area contributed by atoms with E-state index in [1.54, 1.807) is 12.0 Å². The normalized spacial score (nSPS) is 22.5. The molecule has 0 saturated carbocycles. The zero-order chi connectivity index (χ0) is 11.3. The van der Waals surface area contributed by atoms with Gasteiger partial charge in [0.1, 0.15) is 6.04 Å². The van der Waals surface area contributed by atoms with Gasteiger partial charge >= 0.3 is 0 Å². The molecule has 0 aromatic rings. The van der Waals surface area contributed by atoms with Crippen molar-refractivity contribution >= 4 is 11.8 Å². The molecular formula is C10H18N2O3. The summed E-state index contributed by atoms with van der Waals surface area (Å²) in [5.74, 6) is -0.0458. The highest BCUT2D eigenvalue weighted by atomic mass is 16.5. The minimum absolute atomic E-state index is 0.000370. The SMILES string of the molecule is CCC1NC(=O)CCN(CCOC)C1=O. The molecule has 5 heteroatoms. The molecule has 86 valence electrons. The number of nitrogens with one attached hydrogen (secondary N) is 1. The average molecular weight is 214 g/mol. The first-order valence-corrected chi connectivity index (χ1v) is 5.26. The van der Waals surface area contributed by atoms with Gasteiger partial charge in [-0.3, -0.25) is 9.59 Å². The highest BCUT2D eigenvalue weighted by molar-refractivity contribution is 5.89. The van der Waals surface area contributed by atoms with Crippen LogP contribution in [0.15, 0.2) is 0 Å². The largest absolute Gasteiger partial charge is 0.383 e. The molecule has 1 atom stereocenters. The molecule has 0 aromatic carbocycles. The molecular weight excluding hydrogens is 196 g/mol. The van der Waals surface area contributed by atoms with Crippen molar-refractivity contribution in [2.75, 3.05) is 26.8 Å². The summed E-state index contributed by atoms with van der Waals surface area (Å²) in [5, 5.41) is 2.71.